The molecule has 2 N–H and O–H groups in total. The molecular weight excluding hydrogens is 192 g/mol. The molecule has 2 aromatic rings. The van der Waals surface area contributed by atoms with E-state index in [0.29, 0.717) is 6.54 Å². The van der Waals surface area contributed by atoms with Gasteiger partial charge < -0.3 is 5.73 Å². The lowest BCUT2D eigenvalue weighted by Gasteiger charge is -2.04. The fraction of sp³-hybridized carbons (Fsp3) is 0.182. The van der Waals surface area contributed by atoms with E-state index in [-0.39, 0.29) is 0 Å². The van der Waals surface area contributed by atoms with Crippen molar-refractivity contribution in [2.75, 3.05) is 0 Å². The number of nitrogens with two attached hydrogens (primary N) is 1. The molecule has 0 aliphatic carbocycles. The summed E-state index contributed by atoms with van der Waals surface area (Å²) in [6, 6.07) is 6.35. The minimum absolute atomic E-state index is 0.606. The molecule has 2 rings (SSSR count). The Kier molecular flexibility index (Phi) is 2.61. The van der Waals surface area contributed by atoms with Crippen LogP contribution >= 0.6 is 11.3 Å². The quantitative estimate of drug-likeness (QED) is 0.816. The minimum atomic E-state index is 0.606. The topological polar surface area (TPSA) is 38.9 Å². The molecule has 0 saturated carbocycles. The van der Waals surface area contributed by atoms with Gasteiger partial charge in [-0.3, -0.25) is 4.98 Å². The third-order valence-electron chi connectivity index (χ3n) is 2.28. The van der Waals surface area contributed by atoms with E-state index in [0.717, 1.165) is 0 Å². The van der Waals surface area contributed by atoms with Crippen LogP contribution in [0, 0.1) is 6.92 Å². The van der Waals surface area contributed by atoms with Crippen molar-refractivity contribution in [2.45, 2.75) is 13.5 Å². The van der Waals surface area contributed by atoms with E-state index in [1.54, 1.807) is 11.3 Å². The Balaban J connectivity index is 2.43. The Morgan fingerprint density at radius 2 is 2.29 bits per heavy atom. The Bertz CT molecular complexity index is 421. The second-order valence-corrected chi connectivity index (χ2v) is 4.10. The fourth-order valence-electron chi connectivity index (χ4n) is 1.44. The maximum absolute atomic E-state index is 5.61. The predicted molar refractivity (Wildman–Crippen MR) is 60.2 cm³/mol. The minimum Gasteiger partial charge on any atom is -0.326 e. The number of hydrogen-bond donors (Lipinski definition) is 1. The molecule has 0 amide bonds. The highest BCUT2D eigenvalue weighted by atomic mass is 32.1. The summed E-state index contributed by atoms with van der Waals surface area (Å²) in [4.78, 5) is 5.27. The summed E-state index contributed by atoms with van der Waals surface area (Å²) in [5.74, 6) is 0. The van der Waals surface area contributed by atoms with Crippen molar-refractivity contribution in [3.05, 3.63) is 41.0 Å². The largest absolute Gasteiger partial charge is 0.326 e. The van der Waals surface area contributed by atoms with Crippen LogP contribution in [0.1, 0.15) is 11.1 Å². The summed E-state index contributed by atoms with van der Waals surface area (Å²) in [5.41, 5.74) is 11.1. The molecule has 0 aliphatic rings. The highest BCUT2D eigenvalue weighted by molar-refractivity contribution is 7.13. The van der Waals surface area contributed by atoms with Crippen molar-refractivity contribution in [3.63, 3.8) is 0 Å². The second-order valence-electron chi connectivity index (χ2n) is 3.21. The molecule has 14 heavy (non-hydrogen) atoms. The van der Waals surface area contributed by atoms with Crippen molar-refractivity contribution >= 4 is 11.3 Å². The number of hydrogen-bond acceptors (Lipinski definition) is 3. The predicted octanol–water partition coefficient (Wildman–Crippen LogP) is 2.58. The molecule has 0 bridgehead atoms. The summed E-state index contributed by atoms with van der Waals surface area (Å²) in [5, 5.41) is 0. The standard InChI is InChI=1S/C11H12N2S/c1-8-4-9(2-3-10(8)5-12)11-6-13-7-14-11/h2-4,6-7H,5,12H2,1H3. The van der Waals surface area contributed by atoms with Crippen molar-refractivity contribution in [3.8, 4) is 10.4 Å². The van der Waals surface area contributed by atoms with Gasteiger partial charge in [0.25, 0.3) is 0 Å². The van der Waals surface area contributed by atoms with Crippen LogP contribution in [0.15, 0.2) is 29.9 Å². The van der Waals surface area contributed by atoms with Crippen LogP contribution in [0.4, 0.5) is 0 Å². The molecule has 0 aliphatic heterocycles. The molecule has 1 heterocycles. The van der Waals surface area contributed by atoms with E-state index in [9.17, 15) is 0 Å². The van der Waals surface area contributed by atoms with Gasteiger partial charge in [-0.15, -0.1) is 11.3 Å². The lowest BCUT2D eigenvalue weighted by Crippen LogP contribution is -1.98. The van der Waals surface area contributed by atoms with Crippen LogP contribution in [0.2, 0.25) is 0 Å². The van der Waals surface area contributed by atoms with Gasteiger partial charge >= 0.3 is 0 Å². The molecular formula is C11H12N2S. The molecule has 0 spiro atoms. The van der Waals surface area contributed by atoms with Crippen LogP contribution in [0.3, 0.4) is 0 Å². The third kappa shape index (κ3) is 1.69. The molecule has 0 radical (unpaired) electrons. The van der Waals surface area contributed by atoms with Gasteiger partial charge in [0.05, 0.1) is 10.4 Å². The van der Waals surface area contributed by atoms with E-state index >= 15 is 0 Å². The van der Waals surface area contributed by atoms with E-state index in [1.165, 1.54) is 21.6 Å². The third-order valence-corrected chi connectivity index (χ3v) is 3.10. The van der Waals surface area contributed by atoms with Gasteiger partial charge in [0, 0.05) is 12.7 Å². The summed E-state index contributed by atoms with van der Waals surface area (Å²) < 4.78 is 0. The van der Waals surface area contributed by atoms with Crippen molar-refractivity contribution in [1.29, 1.82) is 0 Å². The van der Waals surface area contributed by atoms with Gasteiger partial charge in [-0.05, 0) is 23.6 Å². The average Bonchev–Trinajstić information content (AvgIpc) is 2.70. The Labute approximate surface area is 87.4 Å². The van der Waals surface area contributed by atoms with Gasteiger partial charge in [-0.1, -0.05) is 18.2 Å². The average molecular weight is 204 g/mol. The van der Waals surface area contributed by atoms with Gasteiger partial charge in [0.15, 0.2) is 0 Å². The van der Waals surface area contributed by atoms with E-state index in [4.69, 9.17) is 5.73 Å². The van der Waals surface area contributed by atoms with Gasteiger partial charge in [0.1, 0.15) is 0 Å². The van der Waals surface area contributed by atoms with Crippen LogP contribution < -0.4 is 5.73 Å². The fourth-order valence-corrected chi connectivity index (χ4v) is 2.06. The Morgan fingerprint density at radius 1 is 1.43 bits per heavy atom. The zero-order valence-electron chi connectivity index (χ0n) is 8.03. The maximum Gasteiger partial charge on any atom is 0.0797 e. The van der Waals surface area contributed by atoms with Crippen LogP contribution in [0.5, 0.6) is 0 Å². The van der Waals surface area contributed by atoms with E-state index < -0.39 is 0 Å². The number of aryl methyl sites for hydroxylation is 1. The zero-order valence-corrected chi connectivity index (χ0v) is 8.84. The Hall–Kier alpha value is -1.19. The van der Waals surface area contributed by atoms with Crippen molar-refractivity contribution in [2.24, 2.45) is 5.73 Å². The van der Waals surface area contributed by atoms with Crippen molar-refractivity contribution in [1.82, 2.24) is 4.98 Å². The normalized spacial score (nSPS) is 10.4. The molecule has 0 atom stereocenters. The number of nitrogens with zero attached hydrogens (tertiary/aromatic N) is 1. The first-order valence-corrected chi connectivity index (χ1v) is 5.37. The molecule has 72 valence electrons. The first-order valence-electron chi connectivity index (χ1n) is 4.49. The monoisotopic (exact) mass is 204 g/mol. The van der Waals surface area contributed by atoms with Gasteiger partial charge in [0.2, 0.25) is 0 Å². The lowest BCUT2D eigenvalue weighted by atomic mass is 10.0. The molecule has 0 fully saturated rings. The number of thiazole rings is 1. The lowest BCUT2D eigenvalue weighted by molar-refractivity contribution is 1.05. The molecule has 0 saturated heterocycles. The summed E-state index contributed by atoms with van der Waals surface area (Å²) in [6.45, 7) is 2.70. The van der Waals surface area contributed by atoms with Crippen LogP contribution in [-0.2, 0) is 6.54 Å². The first kappa shape index (κ1) is 9.37. The zero-order chi connectivity index (χ0) is 9.97. The summed E-state index contributed by atoms with van der Waals surface area (Å²) >= 11 is 1.66. The molecule has 1 aromatic heterocycles. The molecule has 3 heteroatoms. The SMILES string of the molecule is Cc1cc(-c2cncs2)ccc1CN. The van der Waals surface area contributed by atoms with Crippen LogP contribution in [0.25, 0.3) is 10.4 Å². The highest BCUT2D eigenvalue weighted by Gasteiger charge is 2.01. The molecule has 1 aromatic carbocycles. The molecule has 2 nitrogen and oxygen atoms in total. The summed E-state index contributed by atoms with van der Waals surface area (Å²) in [6.07, 6.45) is 1.89. The second kappa shape index (κ2) is 3.90. The molecule has 0 unspecified atom stereocenters. The smallest absolute Gasteiger partial charge is 0.0797 e. The van der Waals surface area contributed by atoms with Crippen LogP contribution in [-0.4, -0.2) is 4.98 Å². The first-order chi connectivity index (χ1) is 6.81. The number of benzene rings is 1. The maximum atomic E-state index is 5.61. The van der Waals surface area contributed by atoms with Crippen molar-refractivity contribution < 1.29 is 0 Å². The summed E-state index contributed by atoms with van der Waals surface area (Å²) in [7, 11) is 0. The highest BCUT2D eigenvalue weighted by Crippen LogP contribution is 2.25. The van der Waals surface area contributed by atoms with Gasteiger partial charge in [-0.25, -0.2) is 0 Å². The Morgan fingerprint density at radius 3 is 2.86 bits per heavy atom. The van der Waals surface area contributed by atoms with Gasteiger partial charge in [-0.2, -0.15) is 0 Å². The van der Waals surface area contributed by atoms with E-state index in [2.05, 4.69) is 30.1 Å². The number of aromatic nitrogens is 1. The number of rotatable bonds is 2. The van der Waals surface area contributed by atoms with E-state index in [1.807, 2.05) is 11.7 Å².